The number of hydrogen-bond donors (Lipinski definition) is 1. The van der Waals surface area contributed by atoms with Gasteiger partial charge in [-0.25, -0.2) is 4.79 Å². The molecule has 0 saturated heterocycles. The second-order valence-electron chi connectivity index (χ2n) is 4.64. The first-order valence-electron chi connectivity index (χ1n) is 5.69. The molecular weight excluding hydrogens is 252 g/mol. The van der Waals surface area contributed by atoms with Gasteiger partial charge < -0.3 is 19.8 Å². The van der Waals surface area contributed by atoms with Gasteiger partial charge in [0.25, 0.3) is 0 Å². The lowest BCUT2D eigenvalue weighted by atomic mass is 9.95. The molecular formula is C12H14N2O3S. The van der Waals surface area contributed by atoms with Crippen LogP contribution >= 0.6 is 11.3 Å². The monoisotopic (exact) mass is 266 g/mol. The number of ether oxygens (including phenoxy) is 1. The van der Waals surface area contributed by atoms with Crippen LogP contribution in [-0.4, -0.2) is 31.6 Å². The fourth-order valence-corrected chi connectivity index (χ4v) is 3.16. The molecule has 2 heterocycles. The molecule has 0 amide bonds. The molecule has 18 heavy (non-hydrogen) atoms. The molecule has 2 unspecified atom stereocenters. The summed E-state index contributed by atoms with van der Waals surface area (Å²) < 4.78 is 11.8. The van der Waals surface area contributed by atoms with E-state index in [0.29, 0.717) is 12.2 Å². The Morgan fingerprint density at radius 1 is 1.44 bits per heavy atom. The summed E-state index contributed by atoms with van der Waals surface area (Å²) in [6.07, 6.45) is 0. The van der Waals surface area contributed by atoms with Crippen molar-refractivity contribution in [1.82, 2.24) is 4.90 Å². The third-order valence-electron chi connectivity index (χ3n) is 3.19. The zero-order valence-electron chi connectivity index (χ0n) is 10.2. The van der Waals surface area contributed by atoms with Gasteiger partial charge >= 0.3 is 4.94 Å². The van der Waals surface area contributed by atoms with Gasteiger partial charge in [-0.2, -0.15) is 0 Å². The van der Waals surface area contributed by atoms with Crippen molar-refractivity contribution in [1.29, 1.82) is 0 Å². The van der Waals surface area contributed by atoms with E-state index in [-0.39, 0.29) is 17.0 Å². The second-order valence-corrected chi connectivity index (χ2v) is 5.62. The molecule has 2 aromatic rings. The van der Waals surface area contributed by atoms with Crippen LogP contribution in [-0.2, 0) is 0 Å². The highest BCUT2D eigenvalue weighted by Gasteiger charge is 2.33. The van der Waals surface area contributed by atoms with E-state index < -0.39 is 0 Å². The van der Waals surface area contributed by atoms with Crippen molar-refractivity contribution in [3.63, 3.8) is 0 Å². The Balaban J connectivity index is 2.31. The van der Waals surface area contributed by atoms with Gasteiger partial charge in [0.1, 0.15) is 12.4 Å². The van der Waals surface area contributed by atoms with E-state index in [4.69, 9.17) is 14.9 Å². The normalized spacial score (nSPS) is 23.1. The number of nitrogens with two attached hydrogens (primary N) is 1. The van der Waals surface area contributed by atoms with E-state index >= 15 is 0 Å². The van der Waals surface area contributed by atoms with Gasteiger partial charge in [-0.3, -0.25) is 0 Å². The number of nitrogens with zero attached hydrogens (tertiary/aromatic N) is 1. The van der Waals surface area contributed by atoms with E-state index in [2.05, 4.69) is 0 Å². The maximum Gasteiger partial charge on any atom is 0.396 e. The van der Waals surface area contributed by atoms with Gasteiger partial charge in [0.05, 0.1) is 22.3 Å². The molecule has 0 aliphatic carbocycles. The standard InChI is InChI=1S/C12H14N2O3S/c1-14(2)10-6(13)5-16-7-3-4-8-11(9(7)10)17-12(15)18-8/h3-4,6,10H,5,13H2,1-2H3. The van der Waals surface area contributed by atoms with Crippen LogP contribution in [0, 0.1) is 0 Å². The van der Waals surface area contributed by atoms with Gasteiger partial charge in [0, 0.05) is 0 Å². The van der Waals surface area contributed by atoms with Crippen molar-refractivity contribution >= 4 is 21.6 Å². The summed E-state index contributed by atoms with van der Waals surface area (Å²) in [5.41, 5.74) is 7.60. The Bertz CT molecular complexity index is 646. The molecule has 1 aliphatic heterocycles. The van der Waals surface area contributed by atoms with Gasteiger partial charge in [0.15, 0.2) is 5.58 Å². The molecule has 6 heteroatoms. The minimum absolute atomic E-state index is 0.00444. The number of benzene rings is 1. The van der Waals surface area contributed by atoms with Gasteiger partial charge in [-0.05, 0) is 26.2 Å². The summed E-state index contributed by atoms with van der Waals surface area (Å²) in [5, 5.41) is 0. The lowest BCUT2D eigenvalue weighted by molar-refractivity contribution is 0.162. The third kappa shape index (κ3) is 1.65. The SMILES string of the molecule is CN(C)C1c2c(ccc3sc(=O)oc23)OCC1N. The van der Waals surface area contributed by atoms with E-state index in [1.165, 1.54) is 0 Å². The Morgan fingerprint density at radius 3 is 2.94 bits per heavy atom. The molecule has 2 atom stereocenters. The number of rotatable bonds is 1. The minimum Gasteiger partial charge on any atom is -0.491 e. The Morgan fingerprint density at radius 2 is 2.22 bits per heavy atom. The molecule has 3 rings (SSSR count). The van der Waals surface area contributed by atoms with Crippen LogP contribution < -0.4 is 15.4 Å². The average Bonchev–Trinajstić information content (AvgIpc) is 2.69. The fraction of sp³-hybridized carbons (Fsp3) is 0.417. The van der Waals surface area contributed by atoms with Crippen LogP contribution in [0.15, 0.2) is 21.3 Å². The Kier molecular flexibility index (Phi) is 2.65. The van der Waals surface area contributed by atoms with Crippen molar-refractivity contribution in [2.24, 2.45) is 5.73 Å². The predicted molar refractivity (Wildman–Crippen MR) is 70.3 cm³/mol. The first-order valence-corrected chi connectivity index (χ1v) is 6.51. The summed E-state index contributed by atoms with van der Waals surface area (Å²) in [7, 11) is 3.92. The molecule has 1 aromatic carbocycles. The van der Waals surface area contributed by atoms with Crippen molar-refractivity contribution in [2.75, 3.05) is 20.7 Å². The van der Waals surface area contributed by atoms with Gasteiger partial charge in [-0.1, -0.05) is 11.3 Å². The maximum absolute atomic E-state index is 11.4. The van der Waals surface area contributed by atoms with Crippen LogP contribution in [0.2, 0.25) is 0 Å². The molecule has 0 fully saturated rings. The molecule has 0 radical (unpaired) electrons. The number of fused-ring (bicyclic) bond motifs is 3. The second kappa shape index (κ2) is 4.08. The predicted octanol–water partition coefficient (Wildman–Crippen LogP) is 1.18. The lowest BCUT2D eigenvalue weighted by Gasteiger charge is -2.35. The molecule has 96 valence electrons. The zero-order chi connectivity index (χ0) is 12.9. The number of hydrogen-bond acceptors (Lipinski definition) is 6. The lowest BCUT2D eigenvalue weighted by Crippen LogP contribution is -2.44. The van der Waals surface area contributed by atoms with Crippen molar-refractivity contribution in [3.8, 4) is 5.75 Å². The molecule has 0 spiro atoms. The van der Waals surface area contributed by atoms with Crippen molar-refractivity contribution in [2.45, 2.75) is 12.1 Å². The van der Waals surface area contributed by atoms with Gasteiger partial charge in [0.2, 0.25) is 0 Å². The molecule has 1 aliphatic rings. The Hall–Kier alpha value is -1.37. The molecule has 5 nitrogen and oxygen atoms in total. The quantitative estimate of drug-likeness (QED) is 0.839. The van der Waals surface area contributed by atoms with Crippen LogP contribution in [0.5, 0.6) is 5.75 Å². The zero-order valence-corrected chi connectivity index (χ0v) is 11.0. The van der Waals surface area contributed by atoms with E-state index in [0.717, 1.165) is 27.3 Å². The average molecular weight is 266 g/mol. The van der Waals surface area contributed by atoms with Crippen LogP contribution in [0.3, 0.4) is 0 Å². The molecule has 0 bridgehead atoms. The van der Waals surface area contributed by atoms with E-state index in [1.807, 2.05) is 31.1 Å². The summed E-state index contributed by atoms with van der Waals surface area (Å²) in [6.45, 7) is 0.468. The van der Waals surface area contributed by atoms with E-state index in [1.54, 1.807) is 0 Å². The largest absolute Gasteiger partial charge is 0.491 e. The van der Waals surface area contributed by atoms with Crippen molar-refractivity contribution in [3.05, 3.63) is 27.4 Å². The highest BCUT2D eigenvalue weighted by molar-refractivity contribution is 7.16. The molecule has 0 saturated carbocycles. The summed E-state index contributed by atoms with van der Waals surface area (Å²) >= 11 is 1.10. The topological polar surface area (TPSA) is 68.7 Å². The summed E-state index contributed by atoms with van der Waals surface area (Å²) in [5.74, 6) is 0.754. The fourth-order valence-electron chi connectivity index (χ4n) is 2.48. The van der Waals surface area contributed by atoms with Crippen LogP contribution in [0.1, 0.15) is 11.6 Å². The highest BCUT2D eigenvalue weighted by atomic mass is 32.1. The maximum atomic E-state index is 11.4. The van der Waals surface area contributed by atoms with Crippen LogP contribution in [0.4, 0.5) is 0 Å². The smallest absolute Gasteiger partial charge is 0.396 e. The summed E-state index contributed by atoms with van der Waals surface area (Å²) in [4.78, 5) is 13.1. The van der Waals surface area contributed by atoms with E-state index in [9.17, 15) is 4.79 Å². The molecule has 1 aromatic heterocycles. The minimum atomic E-state index is -0.296. The van der Waals surface area contributed by atoms with Crippen molar-refractivity contribution < 1.29 is 9.15 Å². The molecule has 2 N–H and O–H groups in total. The first kappa shape index (κ1) is 11.7. The number of likely N-dealkylation sites (N-methyl/N-ethyl adjacent to an activating group) is 1. The van der Waals surface area contributed by atoms with Gasteiger partial charge in [-0.15, -0.1) is 0 Å². The summed E-state index contributed by atoms with van der Waals surface area (Å²) in [6, 6.07) is 3.59. The first-order chi connectivity index (χ1) is 8.58. The third-order valence-corrected chi connectivity index (χ3v) is 3.98. The highest BCUT2D eigenvalue weighted by Crippen LogP contribution is 2.40. The van der Waals surface area contributed by atoms with Crippen LogP contribution in [0.25, 0.3) is 10.3 Å². The Labute approximate surface area is 108 Å².